The van der Waals surface area contributed by atoms with Gasteiger partial charge in [0.25, 0.3) is 10.0 Å². The molecule has 0 aliphatic carbocycles. The monoisotopic (exact) mass is 385 g/mol. The van der Waals surface area contributed by atoms with E-state index >= 15 is 0 Å². The summed E-state index contributed by atoms with van der Waals surface area (Å²) in [5.41, 5.74) is 0. The van der Waals surface area contributed by atoms with Crippen molar-refractivity contribution in [1.82, 2.24) is 14.5 Å². The first-order chi connectivity index (χ1) is 11.9. The highest BCUT2D eigenvalue weighted by Crippen LogP contribution is 2.30. The number of hydrogen-bond acceptors (Lipinski definition) is 5. The van der Waals surface area contributed by atoms with Gasteiger partial charge in [-0.1, -0.05) is 0 Å². The fourth-order valence-corrected chi connectivity index (χ4v) is 6.81. The highest BCUT2D eigenvalue weighted by atomic mass is 32.2. The molecule has 8 heteroatoms. The third-order valence-electron chi connectivity index (χ3n) is 5.14. The SMILES string of the molecule is CNCC1CCCN1C(=O)C1CCCN(S(=O)(=O)c2ccc(C)s2)C1. The van der Waals surface area contributed by atoms with Gasteiger partial charge >= 0.3 is 0 Å². The number of likely N-dealkylation sites (tertiary alicyclic amines) is 1. The maximum atomic E-state index is 13.0. The number of amides is 1. The van der Waals surface area contributed by atoms with Crippen LogP contribution in [0.4, 0.5) is 0 Å². The standard InChI is InChI=1S/C17H27N3O3S2/c1-13-7-8-16(24-13)25(22,23)19-9-3-5-14(12-19)17(21)20-10-4-6-15(20)11-18-2/h7-8,14-15,18H,3-6,9-12H2,1-2H3. The van der Waals surface area contributed by atoms with E-state index in [1.54, 1.807) is 6.07 Å². The van der Waals surface area contributed by atoms with Crippen LogP contribution in [-0.2, 0) is 14.8 Å². The molecule has 0 saturated carbocycles. The van der Waals surface area contributed by atoms with Crippen molar-refractivity contribution < 1.29 is 13.2 Å². The molecule has 2 aliphatic rings. The number of nitrogens with one attached hydrogen (secondary N) is 1. The average molecular weight is 386 g/mol. The summed E-state index contributed by atoms with van der Waals surface area (Å²) in [6, 6.07) is 3.74. The van der Waals surface area contributed by atoms with Crippen LogP contribution in [0.15, 0.2) is 16.3 Å². The van der Waals surface area contributed by atoms with E-state index in [9.17, 15) is 13.2 Å². The predicted octanol–water partition coefficient (Wildman–Crippen LogP) is 1.67. The van der Waals surface area contributed by atoms with Crippen molar-refractivity contribution >= 4 is 27.3 Å². The van der Waals surface area contributed by atoms with Gasteiger partial charge in [-0.05, 0) is 51.8 Å². The Morgan fingerprint density at radius 1 is 1.28 bits per heavy atom. The number of carbonyl (C=O) groups excluding carboxylic acids is 1. The molecule has 25 heavy (non-hydrogen) atoms. The second-order valence-electron chi connectivity index (χ2n) is 6.95. The second-order valence-corrected chi connectivity index (χ2v) is 10.4. The van der Waals surface area contributed by atoms with Crippen LogP contribution >= 0.6 is 11.3 Å². The number of rotatable bonds is 5. The van der Waals surface area contributed by atoms with Crippen LogP contribution in [0.25, 0.3) is 0 Å². The van der Waals surface area contributed by atoms with Crippen LogP contribution in [-0.4, -0.2) is 62.8 Å². The van der Waals surface area contributed by atoms with Crippen LogP contribution in [0.5, 0.6) is 0 Å². The van der Waals surface area contributed by atoms with E-state index in [0.29, 0.717) is 17.3 Å². The van der Waals surface area contributed by atoms with Gasteiger partial charge in [-0.15, -0.1) is 11.3 Å². The lowest BCUT2D eigenvalue weighted by Gasteiger charge is -2.34. The van der Waals surface area contributed by atoms with E-state index < -0.39 is 10.0 Å². The average Bonchev–Trinajstić information content (AvgIpc) is 3.24. The Labute approximate surface area is 154 Å². The summed E-state index contributed by atoms with van der Waals surface area (Å²) in [5, 5.41) is 3.16. The van der Waals surface area contributed by atoms with Gasteiger partial charge in [-0.25, -0.2) is 8.42 Å². The molecule has 1 aromatic heterocycles. The van der Waals surface area contributed by atoms with Crippen LogP contribution in [0.2, 0.25) is 0 Å². The number of thiophene rings is 1. The van der Waals surface area contributed by atoms with E-state index in [0.717, 1.165) is 43.6 Å². The molecule has 0 aromatic carbocycles. The molecule has 3 rings (SSSR count). The second kappa shape index (κ2) is 7.73. The molecule has 2 unspecified atom stereocenters. The van der Waals surface area contributed by atoms with Gasteiger partial charge in [0, 0.05) is 37.1 Å². The van der Waals surface area contributed by atoms with Gasteiger partial charge in [-0.2, -0.15) is 4.31 Å². The molecule has 6 nitrogen and oxygen atoms in total. The smallest absolute Gasteiger partial charge is 0.252 e. The van der Waals surface area contributed by atoms with Gasteiger partial charge in [0.05, 0.1) is 5.92 Å². The van der Waals surface area contributed by atoms with Crippen molar-refractivity contribution in [3.63, 3.8) is 0 Å². The van der Waals surface area contributed by atoms with Crippen molar-refractivity contribution in [2.24, 2.45) is 5.92 Å². The largest absolute Gasteiger partial charge is 0.338 e. The van der Waals surface area contributed by atoms with Gasteiger partial charge in [0.2, 0.25) is 5.91 Å². The molecule has 0 bridgehead atoms. The minimum absolute atomic E-state index is 0.125. The normalized spacial score (nSPS) is 25.4. The molecule has 3 heterocycles. The summed E-state index contributed by atoms with van der Waals surface area (Å²) in [5.74, 6) is -0.0953. The molecule has 2 saturated heterocycles. The van der Waals surface area contributed by atoms with Gasteiger partial charge in [0.1, 0.15) is 4.21 Å². The number of carbonyl (C=O) groups is 1. The quantitative estimate of drug-likeness (QED) is 0.837. The van der Waals surface area contributed by atoms with Gasteiger partial charge in [-0.3, -0.25) is 4.79 Å². The zero-order chi connectivity index (χ0) is 18.0. The van der Waals surface area contributed by atoms with Gasteiger partial charge < -0.3 is 10.2 Å². The minimum Gasteiger partial charge on any atom is -0.338 e. The maximum absolute atomic E-state index is 13.0. The Morgan fingerprint density at radius 3 is 2.72 bits per heavy atom. The Kier molecular flexibility index (Phi) is 5.82. The van der Waals surface area contributed by atoms with E-state index in [4.69, 9.17) is 0 Å². The fraction of sp³-hybridized carbons (Fsp3) is 0.706. The Morgan fingerprint density at radius 2 is 2.04 bits per heavy atom. The van der Waals surface area contributed by atoms with E-state index in [2.05, 4.69) is 5.32 Å². The molecule has 0 radical (unpaired) electrons. The molecule has 2 fully saturated rings. The molecule has 1 aromatic rings. The highest BCUT2D eigenvalue weighted by Gasteiger charge is 2.38. The predicted molar refractivity (Wildman–Crippen MR) is 99.2 cm³/mol. The molecule has 1 amide bonds. The Bertz CT molecular complexity index is 716. The first-order valence-electron chi connectivity index (χ1n) is 8.95. The van der Waals surface area contributed by atoms with Crippen molar-refractivity contribution in [2.75, 3.05) is 33.2 Å². The summed E-state index contributed by atoms with van der Waals surface area (Å²) in [6.07, 6.45) is 3.57. The lowest BCUT2D eigenvalue weighted by Crippen LogP contribution is -2.49. The Hall–Kier alpha value is -0.960. The number of sulfonamides is 1. The summed E-state index contributed by atoms with van der Waals surface area (Å²) < 4.78 is 27.6. The zero-order valence-electron chi connectivity index (χ0n) is 14.9. The Balaban J connectivity index is 1.71. The summed E-state index contributed by atoms with van der Waals surface area (Å²) in [6.45, 7) is 4.30. The van der Waals surface area contributed by atoms with Crippen LogP contribution in [0, 0.1) is 12.8 Å². The molecule has 140 valence electrons. The summed E-state index contributed by atoms with van der Waals surface area (Å²) >= 11 is 1.30. The zero-order valence-corrected chi connectivity index (χ0v) is 16.5. The fourth-order valence-electron chi connectivity index (χ4n) is 3.85. The minimum atomic E-state index is -3.49. The van der Waals surface area contributed by atoms with Crippen LogP contribution in [0.1, 0.15) is 30.6 Å². The third kappa shape index (κ3) is 3.92. The topological polar surface area (TPSA) is 69.7 Å². The number of piperidine rings is 1. The molecule has 1 N–H and O–H groups in total. The molecule has 2 atom stereocenters. The van der Waals surface area contributed by atoms with Crippen molar-refractivity contribution in [1.29, 1.82) is 0 Å². The lowest BCUT2D eigenvalue weighted by molar-refractivity contribution is -0.137. The molecule has 0 spiro atoms. The summed E-state index contributed by atoms with van der Waals surface area (Å²) in [7, 11) is -1.58. The number of nitrogens with zero attached hydrogens (tertiary/aromatic N) is 2. The van der Waals surface area contributed by atoms with E-state index in [1.165, 1.54) is 15.6 Å². The van der Waals surface area contributed by atoms with E-state index in [1.807, 2.05) is 24.9 Å². The number of likely N-dealkylation sites (N-methyl/N-ethyl adjacent to an activating group) is 1. The highest BCUT2D eigenvalue weighted by molar-refractivity contribution is 7.91. The lowest BCUT2D eigenvalue weighted by atomic mass is 9.97. The van der Waals surface area contributed by atoms with Gasteiger partial charge in [0.15, 0.2) is 0 Å². The third-order valence-corrected chi connectivity index (χ3v) is 8.48. The number of aryl methyl sites for hydroxylation is 1. The van der Waals surface area contributed by atoms with Crippen molar-refractivity contribution in [3.8, 4) is 0 Å². The maximum Gasteiger partial charge on any atom is 0.252 e. The van der Waals surface area contributed by atoms with Crippen LogP contribution < -0.4 is 5.32 Å². The van der Waals surface area contributed by atoms with Crippen molar-refractivity contribution in [3.05, 3.63) is 17.0 Å². The first-order valence-corrected chi connectivity index (χ1v) is 11.2. The first kappa shape index (κ1) is 18.8. The summed E-state index contributed by atoms with van der Waals surface area (Å²) in [4.78, 5) is 15.9. The molecule has 2 aliphatic heterocycles. The molecular formula is C17H27N3O3S2. The number of hydrogen-bond donors (Lipinski definition) is 1. The van der Waals surface area contributed by atoms with Crippen molar-refractivity contribution in [2.45, 2.75) is 42.9 Å². The van der Waals surface area contributed by atoms with Crippen LogP contribution in [0.3, 0.4) is 0 Å². The molecular weight excluding hydrogens is 358 g/mol. The van der Waals surface area contributed by atoms with E-state index in [-0.39, 0.29) is 17.9 Å².